The number of nitrogens with zero attached hydrogens (tertiary/aromatic N) is 1. The Kier molecular flexibility index (Phi) is 7.99. The molecular formula is C27H30N2O2. The number of carbonyl (C=O) groups is 2. The third-order valence-electron chi connectivity index (χ3n) is 5.42. The number of likely N-dealkylation sites (N-methyl/N-ethyl adjacent to an activating group) is 1. The van der Waals surface area contributed by atoms with Gasteiger partial charge in [0, 0.05) is 19.5 Å². The minimum Gasteiger partial charge on any atom is -0.355 e. The van der Waals surface area contributed by atoms with E-state index in [-0.39, 0.29) is 18.2 Å². The molecule has 2 amide bonds. The summed E-state index contributed by atoms with van der Waals surface area (Å²) in [5.41, 5.74) is 4.09. The highest BCUT2D eigenvalue weighted by molar-refractivity contribution is 5.88. The summed E-state index contributed by atoms with van der Waals surface area (Å²) in [5.74, 6) is -0.175. The highest BCUT2D eigenvalue weighted by Gasteiger charge is 2.30. The number of aryl methyl sites for hydroxylation is 1. The maximum absolute atomic E-state index is 13.6. The van der Waals surface area contributed by atoms with Gasteiger partial charge in [0.05, 0.1) is 6.42 Å². The van der Waals surface area contributed by atoms with Crippen LogP contribution in [0.15, 0.2) is 84.9 Å². The molecule has 0 saturated heterocycles. The SMILES string of the molecule is CCNC(=O)C(Cc1ccccc1)N(Cc1ccccc1)C(=O)Cc1ccccc1C. The summed E-state index contributed by atoms with van der Waals surface area (Å²) < 4.78 is 0. The van der Waals surface area contributed by atoms with E-state index in [4.69, 9.17) is 0 Å². The van der Waals surface area contributed by atoms with Gasteiger partial charge < -0.3 is 10.2 Å². The Morgan fingerprint density at radius 2 is 1.42 bits per heavy atom. The van der Waals surface area contributed by atoms with Crippen LogP contribution in [0.3, 0.4) is 0 Å². The summed E-state index contributed by atoms with van der Waals surface area (Å²) in [7, 11) is 0. The van der Waals surface area contributed by atoms with Crippen LogP contribution in [0, 0.1) is 6.92 Å². The zero-order valence-electron chi connectivity index (χ0n) is 18.3. The van der Waals surface area contributed by atoms with Crippen molar-refractivity contribution in [2.24, 2.45) is 0 Å². The monoisotopic (exact) mass is 414 g/mol. The van der Waals surface area contributed by atoms with Crippen LogP contribution in [0.5, 0.6) is 0 Å². The maximum Gasteiger partial charge on any atom is 0.243 e. The van der Waals surface area contributed by atoms with E-state index in [1.807, 2.05) is 98.8 Å². The molecule has 0 aromatic heterocycles. The smallest absolute Gasteiger partial charge is 0.243 e. The summed E-state index contributed by atoms with van der Waals surface area (Å²) in [6.45, 7) is 4.82. The lowest BCUT2D eigenvalue weighted by molar-refractivity contribution is -0.140. The molecule has 0 heterocycles. The predicted molar refractivity (Wildman–Crippen MR) is 124 cm³/mol. The van der Waals surface area contributed by atoms with Crippen LogP contribution in [0.1, 0.15) is 29.2 Å². The van der Waals surface area contributed by atoms with Gasteiger partial charge in [-0.25, -0.2) is 0 Å². The fraction of sp³-hybridized carbons (Fsp3) is 0.259. The van der Waals surface area contributed by atoms with Gasteiger partial charge in [-0.05, 0) is 36.1 Å². The van der Waals surface area contributed by atoms with Gasteiger partial charge in [0.15, 0.2) is 0 Å². The molecule has 0 spiro atoms. The maximum atomic E-state index is 13.6. The minimum absolute atomic E-state index is 0.0506. The summed E-state index contributed by atoms with van der Waals surface area (Å²) in [4.78, 5) is 28.4. The molecule has 0 aliphatic heterocycles. The molecule has 160 valence electrons. The first-order valence-electron chi connectivity index (χ1n) is 10.8. The average Bonchev–Trinajstić information content (AvgIpc) is 2.79. The van der Waals surface area contributed by atoms with Crippen LogP contribution in [0.4, 0.5) is 0 Å². The molecule has 31 heavy (non-hydrogen) atoms. The summed E-state index contributed by atoms with van der Waals surface area (Å²) in [6, 6.07) is 27.0. The topological polar surface area (TPSA) is 49.4 Å². The molecule has 0 aliphatic carbocycles. The van der Waals surface area contributed by atoms with E-state index in [1.54, 1.807) is 4.90 Å². The highest BCUT2D eigenvalue weighted by atomic mass is 16.2. The average molecular weight is 415 g/mol. The van der Waals surface area contributed by atoms with Crippen molar-refractivity contribution in [2.45, 2.75) is 39.3 Å². The number of rotatable bonds is 9. The van der Waals surface area contributed by atoms with Gasteiger partial charge in [-0.3, -0.25) is 9.59 Å². The van der Waals surface area contributed by atoms with Crippen molar-refractivity contribution in [2.75, 3.05) is 6.54 Å². The second kappa shape index (κ2) is 11.1. The predicted octanol–water partition coefficient (Wildman–Crippen LogP) is 4.31. The van der Waals surface area contributed by atoms with Gasteiger partial charge in [0.2, 0.25) is 11.8 Å². The van der Waals surface area contributed by atoms with Gasteiger partial charge in [0.1, 0.15) is 6.04 Å². The highest BCUT2D eigenvalue weighted by Crippen LogP contribution is 2.17. The second-order valence-electron chi connectivity index (χ2n) is 7.71. The zero-order valence-corrected chi connectivity index (χ0v) is 18.3. The molecule has 0 saturated carbocycles. The minimum atomic E-state index is -0.584. The van der Waals surface area contributed by atoms with Crippen LogP contribution < -0.4 is 5.32 Å². The third-order valence-corrected chi connectivity index (χ3v) is 5.42. The number of nitrogens with one attached hydrogen (secondary N) is 1. The summed E-state index contributed by atoms with van der Waals surface area (Å²) in [6.07, 6.45) is 0.739. The van der Waals surface area contributed by atoms with Crippen molar-refractivity contribution >= 4 is 11.8 Å². The fourth-order valence-corrected chi connectivity index (χ4v) is 3.70. The van der Waals surface area contributed by atoms with Crippen LogP contribution in [-0.2, 0) is 29.0 Å². The molecule has 0 bridgehead atoms. The van der Waals surface area contributed by atoms with E-state index >= 15 is 0 Å². The standard InChI is InChI=1S/C27H30N2O2/c1-3-28-27(31)25(18-22-13-6-4-7-14-22)29(20-23-15-8-5-9-16-23)26(30)19-24-17-11-10-12-21(24)2/h4-17,25H,3,18-20H2,1-2H3,(H,28,31). The Morgan fingerprint density at radius 3 is 2.03 bits per heavy atom. The molecule has 1 N–H and O–H groups in total. The van der Waals surface area contributed by atoms with Gasteiger partial charge in [-0.1, -0.05) is 84.9 Å². The molecule has 4 heteroatoms. The van der Waals surface area contributed by atoms with Crippen LogP contribution in [0.25, 0.3) is 0 Å². The van der Waals surface area contributed by atoms with E-state index in [0.717, 1.165) is 22.3 Å². The Morgan fingerprint density at radius 1 is 0.839 bits per heavy atom. The van der Waals surface area contributed by atoms with Gasteiger partial charge >= 0.3 is 0 Å². The van der Waals surface area contributed by atoms with Gasteiger partial charge in [-0.2, -0.15) is 0 Å². The van der Waals surface area contributed by atoms with Gasteiger partial charge in [0.25, 0.3) is 0 Å². The first-order valence-corrected chi connectivity index (χ1v) is 10.8. The van der Waals surface area contributed by atoms with Crippen molar-refractivity contribution in [1.82, 2.24) is 10.2 Å². The normalized spacial score (nSPS) is 11.5. The van der Waals surface area contributed by atoms with Crippen LogP contribution >= 0.6 is 0 Å². The fourth-order valence-electron chi connectivity index (χ4n) is 3.70. The Bertz CT molecular complexity index is 986. The van der Waals surface area contributed by atoms with Crippen molar-refractivity contribution in [1.29, 1.82) is 0 Å². The molecular weight excluding hydrogens is 384 g/mol. The molecule has 0 fully saturated rings. The summed E-state index contributed by atoms with van der Waals surface area (Å²) in [5, 5.41) is 2.93. The molecule has 3 rings (SSSR count). The molecule has 0 radical (unpaired) electrons. The van der Waals surface area contributed by atoms with Crippen molar-refractivity contribution < 1.29 is 9.59 Å². The largest absolute Gasteiger partial charge is 0.355 e. The summed E-state index contributed by atoms with van der Waals surface area (Å²) >= 11 is 0. The number of hydrogen-bond donors (Lipinski definition) is 1. The zero-order chi connectivity index (χ0) is 22.1. The molecule has 0 aliphatic rings. The number of hydrogen-bond acceptors (Lipinski definition) is 2. The Labute approximate surface area is 184 Å². The first kappa shape index (κ1) is 22.3. The van der Waals surface area contributed by atoms with Crippen molar-refractivity contribution in [3.63, 3.8) is 0 Å². The van der Waals surface area contributed by atoms with E-state index in [9.17, 15) is 9.59 Å². The van der Waals surface area contributed by atoms with E-state index in [0.29, 0.717) is 19.5 Å². The van der Waals surface area contributed by atoms with E-state index in [2.05, 4.69) is 5.32 Å². The number of amides is 2. The lowest BCUT2D eigenvalue weighted by Crippen LogP contribution is -2.51. The third kappa shape index (κ3) is 6.29. The number of carbonyl (C=O) groups excluding carboxylic acids is 2. The molecule has 1 unspecified atom stereocenters. The van der Waals surface area contributed by atoms with Crippen LogP contribution in [-0.4, -0.2) is 29.3 Å². The quantitative estimate of drug-likeness (QED) is 0.567. The second-order valence-corrected chi connectivity index (χ2v) is 7.71. The van der Waals surface area contributed by atoms with Crippen molar-refractivity contribution in [3.8, 4) is 0 Å². The molecule has 4 nitrogen and oxygen atoms in total. The van der Waals surface area contributed by atoms with Crippen molar-refractivity contribution in [3.05, 3.63) is 107 Å². The van der Waals surface area contributed by atoms with Gasteiger partial charge in [-0.15, -0.1) is 0 Å². The molecule has 3 aromatic rings. The number of benzene rings is 3. The van der Waals surface area contributed by atoms with E-state index < -0.39 is 6.04 Å². The Balaban J connectivity index is 1.94. The first-order chi connectivity index (χ1) is 15.1. The lowest BCUT2D eigenvalue weighted by Gasteiger charge is -2.31. The van der Waals surface area contributed by atoms with E-state index in [1.165, 1.54) is 0 Å². The van der Waals surface area contributed by atoms with Crippen LogP contribution in [0.2, 0.25) is 0 Å². The lowest BCUT2D eigenvalue weighted by atomic mass is 10.0. The Hall–Kier alpha value is -3.40. The molecule has 1 atom stereocenters. The molecule has 3 aromatic carbocycles.